The van der Waals surface area contributed by atoms with E-state index >= 15 is 0 Å². The monoisotopic (exact) mass is 875 g/mol. The van der Waals surface area contributed by atoms with Crippen LogP contribution in [0.5, 0.6) is 5.75 Å². The van der Waals surface area contributed by atoms with E-state index in [1.807, 2.05) is 0 Å². The lowest BCUT2D eigenvalue weighted by atomic mass is 10.1. The number of amides is 7. The van der Waals surface area contributed by atoms with Crippen LogP contribution in [0.15, 0.2) is 41.7 Å². The molecule has 0 unspecified atom stereocenters. The number of aliphatic hydroxyl groups is 3. The Balaban J connectivity index is 1.50. The molecule has 24 nitrogen and oxygen atoms in total. The molecule has 332 valence electrons. The molecule has 3 aromatic rings. The number of sulfonamides is 1. The van der Waals surface area contributed by atoms with Gasteiger partial charge < -0.3 is 62.6 Å². The average Bonchev–Trinajstić information content (AvgIpc) is 3.93. The maximum absolute atomic E-state index is 14.0. The van der Waals surface area contributed by atoms with Crippen molar-refractivity contribution in [1.82, 2.24) is 50.7 Å². The predicted molar refractivity (Wildman–Crippen MR) is 211 cm³/mol. The highest BCUT2D eigenvalue weighted by Crippen LogP contribution is 2.31. The standard InChI is InChI=1S/C36H49N11O13S/c1-18(51)40-23(11-19-6-7-21-29(61(59,60)46(2)3)9-8-28(52)30(21)41-19)36(58)47-10-4-5-27(47)35(57)45-26(16-50)33(55)42-22(12-20-13-38-17-39-20)32(54)44-25(15-49)34(56)43-24(14-48)31(37)53/h6-9,13,17,22-27,48-50,52H,4-5,10-12,14-16H2,1-3H3,(H2,37,53)(H,38,39)(H,40,51)(H,42,55)(H,43,56)(H,44,54)(H,45,57)/t22-,23-,24-,25-,26+,27-/m0/s1. The summed E-state index contributed by atoms with van der Waals surface area (Å²) in [6.07, 6.45) is 2.58. The summed E-state index contributed by atoms with van der Waals surface area (Å²) < 4.78 is 26.9. The normalized spacial score (nSPS) is 16.5. The summed E-state index contributed by atoms with van der Waals surface area (Å²) in [5.41, 5.74) is 5.57. The van der Waals surface area contributed by atoms with Crippen LogP contribution in [-0.4, -0.2) is 171 Å². The van der Waals surface area contributed by atoms with Gasteiger partial charge >= 0.3 is 0 Å². The smallest absolute Gasteiger partial charge is 0.246 e. The van der Waals surface area contributed by atoms with Gasteiger partial charge in [-0.05, 0) is 37.1 Å². The van der Waals surface area contributed by atoms with Gasteiger partial charge in [-0.1, -0.05) is 0 Å². The van der Waals surface area contributed by atoms with Crippen molar-refractivity contribution in [3.63, 3.8) is 0 Å². The molecule has 7 amide bonds. The van der Waals surface area contributed by atoms with Gasteiger partial charge in [0.1, 0.15) is 47.5 Å². The van der Waals surface area contributed by atoms with Crippen molar-refractivity contribution >= 4 is 62.3 Å². The Labute approximate surface area is 348 Å². The minimum absolute atomic E-state index is 0.0607. The Morgan fingerprint density at radius 3 is 2.03 bits per heavy atom. The third-order valence-corrected chi connectivity index (χ3v) is 11.5. The topological polar surface area (TPSA) is 369 Å². The summed E-state index contributed by atoms with van der Waals surface area (Å²) in [4.78, 5) is 103. The molecule has 1 aromatic carbocycles. The fourth-order valence-corrected chi connectivity index (χ4v) is 7.49. The number of primary amides is 1. The highest BCUT2D eigenvalue weighted by Gasteiger charge is 2.39. The van der Waals surface area contributed by atoms with E-state index in [2.05, 4.69) is 41.5 Å². The van der Waals surface area contributed by atoms with Crippen molar-refractivity contribution < 1.29 is 62.4 Å². The highest BCUT2D eigenvalue weighted by molar-refractivity contribution is 7.89. The van der Waals surface area contributed by atoms with Gasteiger partial charge in [0.15, 0.2) is 0 Å². The minimum Gasteiger partial charge on any atom is -0.506 e. The van der Waals surface area contributed by atoms with E-state index in [4.69, 9.17) is 5.73 Å². The number of aromatic hydroxyl groups is 1. The molecule has 2 aromatic heterocycles. The Bertz CT molecular complexity index is 2220. The number of fused-ring (bicyclic) bond motifs is 1. The van der Waals surface area contributed by atoms with Crippen molar-refractivity contribution in [3.05, 3.63) is 48.2 Å². The molecule has 1 aliphatic rings. The number of nitrogens with zero attached hydrogens (tertiary/aromatic N) is 4. The molecule has 4 rings (SSSR count). The van der Waals surface area contributed by atoms with Crippen LogP contribution in [0.3, 0.4) is 0 Å². The van der Waals surface area contributed by atoms with Crippen LogP contribution < -0.4 is 32.3 Å². The van der Waals surface area contributed by atoms with E-state index in [0.29, 0.717) is 12.1 Å². The first-order chi connectivity index (χ1) is 28.8. The quantitative estimate of drug-likeness (QED) is 0.0505. The lowest BCUT2D eigenvalue weighted by molar-refractivity contribution is -0.142. The van der Waals surface area contributed by atoms with Crippen LogP contribution in [0.4, 0.5) is 0 Å². The number of H-pyrrole nitrogens is 1. The number of aromatic amines is 1. The number of likely N-dealkylation sites (tertiary alicyclic amines) is 1. The molecule has 25 heteroatoms. The summed E-state index contributed by atoms with van der Waals surface area (Å²) in [5.74, 6) is -6.75. The minimum atomic E-state index is -3.94. The summed E-state index contributed by atoms with van der Waals surface area (Å²) in [6.45, 7) is -1.58. The number of pyridine rings is 1. The Morgan fingerprint density at radius 2 is 1.46 bits per heavy atom. The lowest BCUT2D eigenvalue weighted by Gasteiger charge is -2.30. The van der Waals surface area contributed by atoms with Crippen LogP contribution in [0.25, 0.3) is 10.9 Å². The van der Waals surface area contributed by atoms with Crippen molar-refractivity contribution in [3.8, 4) is 5.75 Å². The van der Waals surface area contributed by atoms with E-state index in [-0.39, 0.29) is 53.0 Å². The van der Waals surface area contributed by atoms with Gasteiger partial charge in [0.05, 0.1) is 31.0 Å². The SMILES string of the molecule is CC(=O)N[C@@H](Cc1ccc2c(S(=O)(=O)N(C)C)ccc(O)c2n1)C(=O)N1CCC[C@H]1C(=O)N[C@H](CO)C(=O)N[C@@H](Cc1cnc[nH]1)C(=O)N[C@@H](CO)C(=O)N[C@@H](CO)C(N)=O. The number of aliphatic hydroxyl groups excluding tert-OH is 3. The van der Waals surface area contributed by atoms with E-state index in [1.54, 1.807) is 0 Å². The summed E-state index contributed by atoms with van der Waals surface area (Å²) in [6, 6.07) is -3.61. The number of hydrogen-bond donors (Lipinski definition) is 11. The number of hydrogen-bond acceptors (Lipinski definition) is 15. The number of nitrogens with two attached hydrogens (primary N) is 1. The van der Waals surface area contributed by atoms with Gasteiger partial charge in [-0.15, -0.1) is 0 Å². The molecule has 3 heterocycles. The molecule has 1 aliphatic heterocycles. The molecule has 61 heavy (non-hydrogen) atoms. The molecule has 0 spiro atoms. The number of phenols is 1. The number of benzene rings is 1. The van der Waals surface area contributed by atoms with E-state index in [1.165, 1.54) is 62.7 Å². The maximum atomic E-state index is 14.0. The summed E-state index contributed by atoms with van der Waals surface area (Å²) >= 11 is 0. The number of carbonyl (C=O) groups is 7. The predicted octanol–water partition coefficient (Wildman–Crippen LogP) is -5.40. The zero-order valence-electron chi connectivity index (χ0n) is 33.3. The maximum Gasteiger partial charge on any atom is 0.246 e. The zero-order chi connectivity index (χ0) is 45.2. The van der Waals surface area contributed by atoms with E-state index < -0.39 is 107 Å². The third kappa shape index (κ3) is 11.7. The van der Waals surface area contributed by atoms with Crippen LogP contribution in [0.2, 0.25) is 0 Å². The molecular formula is C36H49N11O13S. The molecule has 0 aliphatic carbocycles. The first-order valence-electron chi connectivity index (χ1n) is 18.7. The number of rotatable bonds is 20. The number of carbonyl (C=O) groups excluding carboxylic acids is 7. The molecule has 1 saturated heterocycles. The Morgan fingerprint density at radius 1 is 0.852 bits per heavy atom. The second-order valence-electron chi connectivity index (χ2n) is 14.2. The fourth-order valence-electron chi connectivity index (χ4n) is 6.42. The molecule has 6 atom stereocenters. The van der Waals surface area contributed by atoms with Gasteiger partial charge in [-0.25, -0.2) is 22.7 Å². The van der Waals surface area contributed by atoms with Crippen LogP contribution in [-0.2, 0) is 56.4 Å². The van der Waals surface area contributed by atoms with Gasteiger partial charge in [-0.3, -0.25) is 33.6 Å². The Kier molecular flexibility index (Phi) is 16.2. The van der Waals surface area contributed by atoms with Gasteiger partial charge in [0.25, 0.3) is 0 Å². The summed E-state index contributed by atoms with van der Waals surface area (Å²) in [7, 11) is -1.25. The fraction of sp³-hybridized carbons (Fsp3) is 0.472. The van der Waals surface area contributed by atoms with Crippen molar-refractivity contribution in [1.29, 1.82) is 0 Å². The number of imidazole rings is 1. The average molecular weight is 876 g/mol. The van der Waals surface area contributed by atoms with Crippen molar-refractivity contribution in [2.45, 2.75) is 73.8 Å². The lowest BCUT2D eigenvalue weighted by Crippen LogP contribution is -2.61. The molecule has 0 bridgehead atoms. The van der Waals surface area contributed by atoms with E-state index in [9.17, 15) is 62.4 Å². The number of phenolic OH excluding ortho intramolecular Hbond substituents is 1. The van der Waals surface area contributed by atoms with Crippen LogP contribution in [0, 0.1) is 0 Å². The molecular weight excluding hydrogens is 827 g/mol. The van der Waals surface area contributed by atoms with Gasteiger partial charge in [-0.2, -0.15) is 0 Å². The zero-order valence-corrected chi connectivity index (χ0v) is 34.1. The Hall–Kier alpha value is -6.28. The second-order valence-corrected chi connectivity index (χ2v) is 16.3. The van der Waals surface area contributed by atoms with Crippen molar-refractivity contribution in [2.75, 3.05) is 40.5 Å². The third-order valence-electron chi connectivity index (χ3n) is 9.63. The number of aromatic nitrogens is 3. The summed E-state index contributed by atoms with van der Waals surface area (Å²) in [5, 5.41) is 51.6. The van der Waals surface area contributed by atoms with Crippen LogP contribution >= 0.6 is 0 Å². The number of nitrogens with one attached hydrogen (secondary N) is 6. The second kappa shape index (κ2) is 20.8. The first kappa shape index (κ1) is 47.4. The highest BCUT2D eigenvalue weighted by atomic mass is 32.2. The molecule has 1 fully saturated rings. The first-order valence-corrected chi connectivity index (χ1v) is 20.2. The molecule has 0 saturated carbocycles. The van der Waals surface area contributed by atoms with Gasteiger partial charge in [0.2, 0.25) is 51.4 Å². The van der Waals surface area contributed by atoms with E-state index in [0.717, 1.165) is 4.31 Å². The molecule has 0 radical (unpaired) electrons. The largest absolute Gasteiger partial charge is 0.506 e. The van der Waals surface area contributed by atoms with Crippen LogP contribution in [0.1, 0.15) is 31.2 Å². The van der Waals surface area contributed by atoms with Gasteiger partial charge in [0, 0.05) is 63.4 Å². The van der Waals surface area contributed by atoms with Crippen molar-refractivity contribution in [2.24, 2.45) is 5.73 Å². The molecule has 12 N–H and O–H groups in total.